The fourth-order valence-corrected chi connectivity index (χ4v) is 1.86. The highest BCUT2D eigenvalue weighted by Gasteiger charge is 2.15. The fraction of sp³-hybridized carbons (Fsp3) is 0.0667. The quantitative estimate of drug-likeness (QED) is 0.601. The van der Waals surface area contributed by atoms with Gasteiger partial charge < -0.3 is 15.7 Å². The van der Waals surface area contributed by atoms with Crippen LogP contribution in [0.25, 0.3) is 0 Å². The summed E-state index contributed by atoms with van der Waals surface area (Å²) in [4.78, 5) is 23.4. The Hall–Kier alpha value is -2.53. The number of amides is 2. The number of para-hydroxylation sites is 2. The molecule has 0 aliphatic carbocycles. The van der Waals surface area contributed by atoms with Crippen LogP contribution in [-0.4, -0.2) is 16.9 Å². The van der Waals surface area contributed by atoms with E-state index in [1.54, 1.807) is 36.4 Å². The lowest BCUT2D eigenvalue weighted by Crippen LogP contribution is -2.35. The number of phenolic OH excluding ortho intramolecular Hbond substituents is 1. The minimum Gasteiger partial charge on any atom is -0.506 e. The molecule has 0 unspecified atom stereocenters. The minimum atomic E-state index is -0.858. The van der Waals surface area contributed by atoms with Crippen LogP contribution in [-0.2, 0) is 16.1 Å². The van der Waals surface area contributed by atoms with Gasteiger partial charge in [0.2, 0.25) is 0 Å². The van der Waals surface area contributed by atoms with Crippen molar-refractivity contribution >= 4 is 29.1 Å². The largest absolute Gasteiger partial charge is 0.506 e. The molecule has 5 nitrogen and oxygen atoms in total. The van der Waals surface area contributed by atoms with Gasteiger partial charge in [-0.15, -0.1) is 0 Å². The van der Waals surface area contributed by atoms with Crippen molar-refractivity contribution in [2.45, 2.75) is 6.54 Å². The normalized spacial score (nSPS) is 9.95. The molecule has 2 aromatic rings. The zero-order valence-electron chi connectivity index (χ0n) is 11.0. The lowest BCUT2D eigenvalue weighted by atomic mass is 10.2. The Balaban J connectivity index is 1.93. The maximum Gasteiger partial charge on any atom is 0.313 e. The van der Waals surface area contributed by atoms with Crippen molar-refractivity contribution in [2.75, 3.05) is 5.32 Å². The molecule has 21 heavy (non-hydrogen) atoms. The first kappa shape index (κ1) is 14.9. The summed E-state index contributed by atoms with van der Waals surface area (Å²) in [5.74, 6) is -1.77. The molecule has 6 heteroatoms. The molecule has 0 atom stereocenters. The molecule has 108 valence electrons. The predicted molar refractivity (Wildman–Crippen MR) is 80.0 cm³/mol. The van der Waals surface area contributed by atoms with E-state index in [9.17, 15) is 14.7 Å². The first-order chi connectivity index (χ1) is 10.1. The lowest BCUT2D eigenvalue weighted by Gasteiger charge is -2.08. The molecule has 0 saturated carbocycles. The van der Waals surface area contributed by atoms with Crippen LogP contribution in [0, 0.1) is 0 Å². The minimum absolute atomic E-state index is 0.107. The van der Waals surface area contributed by atoms with Gasteiger partial charge in [0.25, 0.3) is 0 Å². The Bertz CT molecular complexity index is 673. The summed E-state index contributed by atoms with van der Waals surface area (Å²) in [7, 11) is 0. The van der Waals surface area contributed by atoms with Crippen LogP contribution >= 0.6 is 11.6 Å². The first-order valence-electron chi connectivity index (χ1n) is 6.18. The van der Waals surface area contributed by atoms with Gasteiger partial charge in [0.1, 0.15) is 5.75 Å². The second-order valence-corrected chi connectivity index (χ2v) is 4.65. The molecule has 3 N–H and O–H groups in total. The molecular weight excluding hydrogens is 292 g/mol. The number of carbonyl (C=O) groups excluding carboxylic acids is 2. The highest BCUT2D eigenvalue weighted by Crippen LogP contribution is 2.21. The molecule has 0 heterocycles. The third kappa shape index (κ3) is 3.97. The van der Waals surface area contributed by atoms with E-state index in [1.807, 2.05) is 0 Å². The van der Waals surface area contributed by atoms with Gasteiger partial charge in [-0.25, -0.2) is 0 Å². The number of halogens is 1. The standard InChI is InChI=1S/C15H13ClN2O3/c16-11-6-2-1-5-10(11)9-17-14(20)15(21)18-12-7-3-4-8-13(12)19/h1-8,19H,9H2,(H,17,20)(H,18,21). The Morgan fingerprint density at radius 3 is 2.38 bits per heavy atom. The molecule has 0 bridgehead atoms. The summed E-state index contributed by atoms with van der Waals surface area (Å²) in [6.07, 6.45) is 0. The second-order valence-electron chi connectivity index (χ2n) is 4.25. The van der Waals surface area contributed by atoms with E-state index < -0.39 is 11.8 Å². The van der Waals surface area contributed by atoms with Crippen molar-refractivity contribution in [1.82, 2.24) is 5.32 Å². The van der Waals surface area contributed by atoms with E-state index in [0.29, 0.717) is 10.6 Å². The Labute approximate surface area is 126 Å². The monoisotopic (exact) mass is 304 g/mol. The Kier molecular flexibility index (Phi) is 4.79. The second kappa shape index (κ2) is 6.76. The van der Waals surface area contributed by atoms with Gasteiger partial charge in [-0.05, 0) is 23.8 Å². The third-order valence-electron chi connectivity index (χ3n) is 2.76. The molecule has 0 aliphatic rings. The van der Waals surface area contributed by atoms with Crippen molar-refractivity contribution in [3.63, 3.8) is 0 Å². The van der Waals surface area contributed by atoms with E-state index in [0.717, 1.165) is 0 Å². The Morgan fingerprint density at radius 1 is 1.00 bits per heavy atom. The molecule has 2 amide bonds. The van der Waals surface area contributed by atoms with Crippen LogP contribution in [0.15, 0.2) is 48.5 Å². The first-order valence-corrected chi connectivity index (χ1v) is 6.56. The van der Waals surface area contributed by atoms with Crippen LogP contribution in [0.5, 0.6) is 5.75 Å². The van der Waals surface area contributed by atoms with Crippen LogP contribution in [0.3, 0.4) is 0 Å². The Morgan fingerprint density at radius 2 is 1.67 bits per heavy atom. The van der Waals surface area contributed by atoms with Gasteiger partial charge in [0.05, 0.1) is 5.69 Å². The van der Waals surface area contributed by atoms with Crippen molar-refractivity contribution in [2.24, 2.45) is 0 Å². The number of carbonyl (C=O) groups is 2. The molecule has 2 rings (SSSR count). The number of aromatic hydroxyl groups is 1. The molecular formula is C15H13ClN2O3. The summed E-state index contributed by atoms with van der Waals surface area (Å²) in [6, 6.07) is 13.2. The molecule has 2 aromatic carbocycles. The van der Waals surface area contributed by atoms with E-state index >= 15 is 0 Å². The summed E-state index contributed by atoms with van der Waals surface area (Å²) >= 11 is 5.95. The highest BCUT2D eigenvalue weighted by molar-refractivity contribution is 6.39. The third-order valence-corrected chi connectivity index (χ3v) is 3.12. The SMILES string of the molecule is O=C(NCc1ccccc1Cl)C(=O)Nc1ccccc1O. The maximum atomic E-state index is 11.7. The number of rotatable bonds is 3. The fourth-order valence-electron chi connectivity index (χ4n) is 1.66. The van der Waals surface area contributed by atoms with Gasteiger partial charge in [-0.2, -0.15) is 0 Å². The van der Waals surface area contributed by atoms with Gasteiger partial charge in [0.15, 0.2) is 0 Å². The molecule has 0 aliphatic heterocycles. The van der Waals surface area contributed by atoms with Crippen molar-refractivity contribution in [3.05, 3.63) is 59.1 Å². The molecule has 0 saturated heterocycles. The topological polar surface area (TPSA) is 78.4 Å². The van der Waals surface area contributed by atoms with Gasteiger partial charge in [-0.3, -0.25) is 9.59 Å². The van der Waals surface area contributed by atoms with Crippen LogP contribution in [0.1, 0.15) is 5.56 Å². The summed E-state index contributed by atoms with van der Waals surface area (Å²) in [5.41, 5.74) is 0.887. The van der Waals surface area contributed by atoms with Crippen LogP contribution in [0.4, 0.5) is 5.69 Å². The molecule has 0 fully saturated rings. The van der Waals surface area contributed by atoms with E-state index in [2.05, 4.69) is 10.6 Å². The number of benzene rings is 2. The maximum absolute atomic E-state index is 11.7. The van der Waals surface area contributed by atoms with Crippen LogP contribution < -0.4 is 10.6 Å². The van der Waals surface area contributed by atoms with E-state index in [-0.39, 0.29) is 18.0 Å². The van der Waals surface area contributed by atoms with Gasteiger partial charge in [0, 0.05) is 11.6 Å². The van der Waals surface area contributed by atoms with Crippen molar-refractivity contribution < 1.29 is 14.7 Å². The molecule has 0 radical (unpaired) electrons. The average molecular weight is 305 g/mol. The van der Waals surface area contributed by atoms with Gasteiger partial charge in [-0.1, -0.05) is 41.9 Å². The number of hydrogen-bond donors (Lipinski definition) is 3. The average Bonchev–Trinajstić information content (AvgIpc) is 2.48. The zero-order chi connectivity index (χ0) is 15.2. The summed E-state index contributed by atoms with van der Waals surface area (Å²) < 4.78 is 0. The summed E-state index contributed by atoms with van der Waals surface area (Å²) in [5, 5.41) is 14.8. The summed E-state index contributed by atoms with van der Waals surface area (Å²) in [6.45, 7) is 0.146. The van der Waals surface area contributed by atoms with E-state index in [4.69, 9.17) is 11.6 Å². The predicted octanol–water partition coefficient (Wildman–Crippen LogP) is 2.30. The van der Waals surface area contributed by atoms with E-state index in [1.165, 1.54) is 12.1 Å². The van der Waals surface area contributed by atoms with Crippen molar-refractivity contribution in [1.29, 1.82) is 0 Å². The molecule has 0 aromatic heterocycles. The van der Waals surface area contributed by atoms with Gasteiger partial charge >= 0.3 is 11.8 Å². The zero-order valence-corrected chi connectivity index (χ0v) is 11.7. The number of phenols is 1. The molecule has 0 spiro atoms. The number of anilines is 1. The highest BCUT2D eigenvalue weighted by atomic mass is 35.5. The number of hydrogen-bond acceptors (Lipinski definition) is 3. The lowest BCUT2D eigenvalue weighted by molar-refractivity contribution is -0.136. The number of nitrogens with one attached hydrogen (secondary N) is 2. The van der Waals surface area contributed by atoms with Crippen molar-refractivity contribution in [3.8, 4) is 5.75 Å². The smallest absolute Gasteiger partial charge is 0.313 e. The van der Waals surface area contributed by atoms with Crippen LogP contribution in [0.2, 0.25) is 5.02 Å².